The topological polar surface area (TPSA) is 42.0 Å². The third-order valence-electron chi connectivity index (χ3n) is 4.11. The lowest BCUT2D eigenvalue weighted by Crippen LogP contribution is -2.38. The van der Waals surface area contributed by atoms with E-state index in [9.17, 15) is 13.6 Å². The molecule has 8 heteroatoms. The molecule has 2 aliphatic heterocycles. The highest BCUT2D eigenvalue weighted by atomic mass is 79.9. The highest BCUT2D eigenvalue weighted by molar-refractivity contribution is 9.10. The van der Waals surface area contributed by atoms with E-state index < -0.39 is 18.6 Å². The SMILES string of the molecule is C=C1c2ccc(Br)cc2OCCN1/C=C(\C)N1C(=O)OCC1C(F)F. The van der Waals surface area contributed by atoms with Crippen molar-refractivity contribution >= 4 is 27.7 Å². The average Bonchev–Trinajstić information content (AvgIpc) is 2.88. The maximum atomic E-state index is 13.1. The van der Waals surface area contributed by atoms with Gasteiger partial charge in [-0.1, -0.05) is 22.5 Å². The van der Waals surface area contributed by atoms with Crippen molar-refractivity contribution in [2.24, 2.45) is 0 Å². The Morgan fingerprint density at radius 1 is 1.44 bits per heavy atom. The predicted octanol–water partition coefficient (Wildman–Crippen LogP) is 4.06. The van der Waals surface area contributed by atoms with Crippen LogP contribution in [0.4, 0.5) is 13.6 Å². The Bertz CT molecular complexity index is 739. The van der Waals surface area contributed by atoms with Crippen LogP contribution in [-0.4, -0.2) is 48.1 Å². The van der Waals surface area contributed by atoms with Crippen LogP contribution in [0.5, 0.6) is 5.75 Å². The van der Waals surface area contributed by atoms with Crippen molar-refractivity contribution in [3.63, 3.8) is 0 Å². The number of carbonyl (C=O) groups is 1. The molecular formula is C17H17BrF2N2O3. The molecule has 1 saturated heterocycles. The van der Waals surface area contributed by atoms with Crippen LogP contribution >= 0.6 is 15.9 Å². The molecule has 0 N–H and O–H groups in total. The Balaban J connectivity index is 1.88. The second kappa shape index (κ2) is 7.03. The highest BCUT2D eigenvalue weighted by Gasteiger charge is 2.40. The van der Waals surface area contributed by atoms with Gasteiger partial charge in [0.05, 0.1) is 6.54 Å². The molecule has 1 aromatic carbocycles. The van der Waals surface area contributed by atoms with Gasteiger partial charge >= 0.3 is 6.09 Å². The lowest BCUT2D eigenvalue weighted by atomic mass is 10.1. The summed E-state index contributed by atoms with van der Waals surface area (Å²) in [6.45, 7) is 6.24. The second-order valence-corrected chi connectivity index (χ2v) is 6.66. The van der Waals surface area contributed by atoms with Gasteiger partial charge in [0.2, 0.25) is 0 Å². The van der Waals surface area contributed by atoms with Gasteiger partial charge in [-0.05, 0) is 25.1 Å². The first-order valence-electron chi connectivity index (χ1n) is 7.69. The molecule has 3 rings (SSSR count). The standard InChI is InChI=1S/C17H17BrF2N2O3/c1-10(22-14(16(19)20)9-25-17(22)23)8-21-5-6-24-15-7-12(18)3-4-13(15)11(21)2/h3-4,7-8,14,16H,2,5-6,9H2,1H3/b10-8+. The number of allylic oxidation sites excluding steroid dienone is 1. The molecule has 0 aromatic heterocycles. The summed E-state index contributed by atoms with van der Waals surface area (Å²) in [4.78, 5) is 14.6. The number of benzene rings is 1. The summed E-state index contributed by atoms with van der Waals surface area (Å²) >= 11 is 3.40. The maximum Gasteiger partial charge on any atom is 0.414 e. The Kier molecular flexibility index (Phi) is 4.99. The van der Waals surface area contributed by atoms with Crippen molar-refractivity contribution in [2.45, 2.75) is 19.4 Å². The fraction of sp³-hybridized carbons (Fsp3) is 0.353. The minimum atomic E-state index is -2.68. The van der Waals surface area contributed by atoms with E-state index in [1.165, 1.54) is 0 Å². The number of rotatable bonds is 3. The zero-order valence-corrected chi connectivity index (χ0v) is 15.1. The van der Waals surface area contributed by atoms with Crippen LogP contribution in [0.1, 0.15) is 12.5 Å². The van der Waals surface area contributed by atoms with E-state index in [4.69, 9.17) is 9.47 Å². The number of carbonyl (C=O) groups excluding carboxylic acids is 1. The van der Waals surface area contributed by atoms with Crippen LogP contribution in [0.25, 0.3) is 5.70 Å². The van der Waals surface area contributed by atoms with Gasteiger partial charge in [-0.15, -0.1) is 0 Å². The van der Waals surface area contributed by atoms with Gasteiger partial charge in [-0.2, -0.15) is 0 Å². The Morgan fingerprint density at radius 3 is 2.92 bits per heavy atom. The first kappa shape index (κ1) is 17.7. The number of ether oxygens (including phenoxy) is 2. The summed E-state index contributed by atoms with van der Waals surface area (Å²) in [6, 6.07) is 4.32. The van der Waals surface area contributed by atoms with E-state index in [1.54, 1.807) is 18.0 Å². The summed E-state index contributed by atoms with van der Waals surface area (Å²) in [6.07, 6.45) is -1.81. The van der Waals surface area contributed by atoms with Gasteiger partial charge in [0, 0.05) is 27.6 Å². The first-order chi connectivity index (χ1) is 11.9. The summed E-state index contributed by atoms with van der Waals surface area (Å²) in [5, 5.41) is 0. The fourth-order valence-electron chi connectivity index (χ4n) is 2.85. The van der Waals surface area contributed by atoms with E-state index in [1.807, 2.05) is 18.2 Å². The first-order valence-corrected chi connectivity index (χ1v) is 8.48. The molecule has 0 bridgehead atoms. The molecule has 134 valence electrons. The molecule has 0 saturated carbocycles. The van der Waals surface area contributed by atoms with Crippen molar-refractivity contribution in [2.75, 3.05) is 19.8 Å². The van der Waals surface area contributed by atoms with E-state index in [2.05, 4.69) is 22.5 Å². The third-order valence-corrected chi connectivity index (χ3v) is 4.60. The molecule has 2 aliphatic rings. The molecule has 0 spiro atoms. The van der Waals surface area contributed by atoms with Crippen molar-refractivity contribution in [3.05, 3.63) is 46.7 Å². The molecule has 1 amide bonds. The molecular weight excluding hydrogens is 398 g/mol. The number of cyclic esters (lactones) is 1. The fourth-order valence-corrected chi connectivity index (χ4v) is 3.20. The zero-order valence-electron chi connectivity index (χ0n) is 13.5. The van der Waals surface area contributed by atoms with Gasteiger partial charge in [0.25, 0.3) is 6.43 Å². The number of amides is 1. The van der Waals surface area contributed by atoms with Gasteiger partial charge in [0.1, 0.15) is 25.0 Å². The highest BCUT2D eigenvalue weighted by Crippen LogP contribution is 2.33. The van der Waals surface area contributed by atoms with Crippen LogP contribution in [0.3, 0.4) is 0 Å². The summed E-state index contributed by atoms with van der Waals surface area (Å²) in [5.74, 6) is 0.693. The zero-order chi connectivity index (χ0) is 18.1. The molecule has 1 unspecified atom stereocenters. The predicted molar refractivity (Wildman–Crippen MR) is 92.1 cm³/mol. The van der Waals surface area contributed by atoms with Gasteiger partial charge in [-0.25, -0.2) is 13.6 Å². The van der Waals surface area contributed by atoms with E-state index in [0.29, 0.717) is 30.3 Å². The molecule has 1 fully saturated rings. The van der Waals surface area contributed by atoms with E-state index in [-0.39, 0.29) is 6.61 Å². The lowest BCUT2D eigenvalue weighted by molar-refractivity contribution is 0.0696. The number of alkyl halides is 2. The van der Waals surface area contributed by atoms with Gasteiger partial charge < -0.3 is 14.4 Å². The van der Waals surface area contributed by atoms with Crippen LogP contribution in [0.15, 0.2) is 41.1 Å². The minimum absolute atomic E-state index is 0.317. The van der Waals surface area contributed by atoms with Gasteiger partial charge in [0.15, 0.2) is 0 Å². The monoisotopic (exact) mass is 414 g/mol. The molecule has 1 atom stereocenters. The number of halogens is 3. The molecule has 0 aliphatic carbocycles. The Hall–Kier alpha value is -2.09. The molecule has 5 nitrogen and oxygen atoms in total. The molecule has 0 radical (unpaired) electrons. The molecule has 1 aromatic rings. The second-order valence-electron chi connectivity index (χ2n) is 5.75. The van der Waals surface area contributed by atoms with Crippen LogP contribution in [-0.2, 0) is 4.74 Å². The number of hydrogen-bond donors (Lipinski definition) is 0. The van der Waals surface area contributed by atoms with E-state index in [0.717, 1.165) is 14.9 Å². The summed E-state index contributed by atoms with van der Waals surface area (Å²) in [5.41, 5.74) is 1.84. The molecule has 2 heterocycles. The van der Waals surface area contributed by atoms with Crippen LogP contribution in [0.2, 0.25) is 0 Å². The minimum Gasteiger partial charge on any atom is -0.491 e. The number of fused-ring (bicyclic) bond motifs is 1. The van der Waals surface area contributed by atoms with Crippen molar-refractivity contribution < 1.29 is 23.0 Å². The molecule has 25 heavy (non-hydrogen) atoms. The lowest BCUT2D eigenvalue weighted by Gasteiger charge is -2.25. The third kappa shape index (κ3) is 3.49. The van der Waals surface area contributed by atoms with Crippen molar-refractivity contribution in [3.8, 4) is 5.75 Å². The van der Waals surface area contributed by atoms with E-state index >= 15 is 0 Å². The number of nitrogens with zero attached hydrogens (tertiary/aromatic N) is 2. The summed E-state index contributed by atoms with van der Waals surface area (Å²) < 4.78 is 37.6. The normalized spacial score (nSPS) is 21.2. The Labute approximate surface area is 152 Å². The largest absolute Gasteiger partial charge is 0.491 e. The smallest absolute Gasteiger partial charge is 0.414 e. The van der Waals surface area contributed by atoms with Gasteiger partial charge in [-0.3, -0.25) is 4.90 Å². The van der Waals surface area contributed by atoms with Crippen LogP contribution in [0, 0.1) is 0 Å². The average molecular weight is 415 g/mol. The quantitative estimate of drug-likeness (QED) is 0.747. The summed E-state index contributed by atoms with van der Waals surface area (Å²) in [7, 11) is 0. The Morgan fingerprint density at radius 2 is 2.20 bits per heavy atom. The van der Waals surface area contributed by atoms with Crippen LogP contribution < -0.4 is 4.74 Å². The maximum absolute atomic E-state index is 13.1. The van der Waals surface area contributed by atoms with Crippen molar-refractivity contribution in [1.29, 1.82) is 0 Å². The van der Waals surface area contributed by atoms with Crippen molar-refractivity contribution in [1.82, 2.24) is 9.80 Å². The number of hydrogen-bond acceptors (Lipinski definition) is 4.